The number of hydrogen-bond acceptors (Lipinski definition) is 3. The molecule has 4 rings (SSSR count). The Balaban J connectivity index is 1.71. The minimum Gasteiger partial charge on any atom is -0.394 e. The Morgan fingerprint density at radius 3 is 2.57 bits per heavy atom. The number of aliphatic hydroxyl groups excluding tert-OH is 1. The molecule has 3 heterocycles. The van der Waals surface area contributed by atoms with E-state index in [4.69, 9.17) is 0 Å². The van der Waals surface area contributed by atoms with Crippen molar-refractivity contribution in [3.63, 3.8) is 0 Å². The predicted molar refractivity (Wildman–Crippen MR) is 95.0 cm³/mol. The molecule has 2 aliphatic rings. The number of alkyl halides is 3. The smallest absolute Gasteiger partial charge is 0.394 e. The lowest BCUT2D eigenvalue weighted by molar-refractivity contribution is -0.138. The van der Waals surface area contributed by atoms with Crippen molar-refractivity contribution in [3.05, 3.63) is 69.6 Å². The number of carbonyl (C=O) groups is 1. The van der Waals surface area contributed by atoms with Crippen LogP contribution < -0.4 is 5.56 Å². The van der Waals surface area contributed by atoms with Gasteiger partial charge >= 0.3 is 6.18 Å². The zero-order valence-electron chi connectivity index (χ0n) is 14.9. The average Bonchev–Trinajstić information content (AvgIpc) is 2.67. The molecular weight excluding hydrogens is 373 g/mol. The van der Waals surface area contributed by atoms with Gasteiger partial charge in [-0.3, -0.25) is 9.59 Å². The summed E-state index contributed by atoms with van der Waals surface area (Å²) in [5, 5.41) is 9.85. The number of carbonyl (C=O) groups excluding carboxylic acids is 1. The first-order chi connectivity index (χ1) is 13.3. The highest BCUT2D eigenvalue weighted by Gasteiger charge is 2.43. The monoisotopic (exact) mass is 392 g/mol. The molecule has 1 N–H and O–H groups in total. The zero-order chi connectivity index (χ0) is 20.1. The molecule has 1 saturated heterocycles. The summed E-state index contributed by atoms with van der Waals surface area (Å²) in [7, 11) is 0. The van der Waals surface area contributed by atoms with E-state index in [-0.39, 0.29) is 42.7 Å². The predicted octanol–water partition coefficient (Wildman–Crippen LogP) is 2.66. The van der Waals surface area contributed by atoms with Gasteiger partial charge in [0.2, 0.25) is 0 Å². The van der Waals surface area contributed by atoms with Crippen molar-refractivity contribution in [1.29, 1.82) is 0 Å². The maximum atomic E-state index is 13.3. The Morgan fingerprint density at radius 1 is 1.11 bits per heavy atom. The van der Waals surface area contributed by atoms with E-state index in [1.807, 2.05) is 0 Å². The number of nitrogens with zero attached hydrogens (tertiary/aromatic N) is 2. The standard InChI is InChI=1S/C20H19F3N2O3/c21-20(22,23)15-5-2-1-4-14(15)19(28)24-9-12-8-13(10-24)17(11-26)25-16(12)6-3-7-18(25)27/h1-7,12-13,17,26H,8-11H2/t12-,13+,17+/m1/s1. The van der Waals surface area contributed by atoms with Crippen molar-refractivity contribution in [2.45, 2.75) is 24.6 Å². The summed E-state index contributed by atoms with van der Waals surface area (Å²) in [6, 6.07) is 9.11. The first-order valence-electron chi connectivity index (χ1n) is 9.09. The van der Waals surface area contributed by atoms with E-state index >= 15 is 0 Å². The number of likely N-dealkylation sites (tertiary alicyclic amines) is 1. The lowest BCUT2D eigenvalue weighted by Gasteiger charge is -2.46. The summed E-state index contributed by atoms with van der Waals surface area (Å²) in [6.07, 6.45) is -3.94. The number of halogens is 3. The summed E-state index contributed by atoms with van der Waals surface area (Å²) in [5.74, 6) is -1.03. The number of aliphatic hydroxyl groups is 1. The third-order valence-corrected chi connectivity index (χ3v) is 5.74. The van der Waals surface area contributed by atoms with E-state index < -0.39 is 23.7 Å². The molecule has 1 aromatic heterocycles. The van der Waals surface area contributed by atoms with E-state index in [0.29, 0.717) is 12.1 Å². The molecule has 0 spiro atoms. The fourth-order valence-electron chi connectivity index (χ4n) is 4.53. The summed E-state index contributed by atoms with van der Waals surface area (Å²) < 4.78 is 41.5. The SMILES string of the molecule is O=C(c1ccccc1C(F)(F)F)N1C[C@H]2C[C@@H](C1)[C@H](CO)n1c2cccc1=O. The van der Waals surface area contributed by atoms with E-state index in [2.05, 4.69) is 0 Å². The number of pyridine rings is 1. The van der Waals surface area contributed by atoms with Gasteiger partial charge in [0, 0.05) is 36.7 Å². The molecule has 0 unspecified atom stereocenters. The molecule has 0 saturated carbocycles. The van der Waals surface area contributed by atoms with Gasteiger partial charge in [-0.15, -0.1) is 0 Å². The van der Waals surface area contributed by atoms with Crippen LogP contribution in [0.1, 0.15) is 40.0 Å². The minimum absolute atomic E-state index is 0.155. The van der Waals surface area contributed by atoms with E-state index in [1.54, 1.807) is 16.7 Å². The first kappa shape index (κ1) is 18.7. The number of fused-ring (bicyclic) bond motifs is 4. The Bertz CT molecular complexity index is 970. The normalized spacial score (nSPS) is 24.0. The zero-order valence-corrected chi connectivity index (χ0v) is 14.9. The molecule has 5 nitrogen and oxygen atoms in total. The molecule has 148 valence electrons. The number of hydrogen-bond donors (Lipinski definition) is 1. The van der Waals surface area contributed by atoms with Gasteiger partial charge in [0.1, 0.15) is 0 Å². The van der Waals surface area contributed by atoms with Crippen molar-refractivity contribution in [2.24, 2.45) is 5.92 Å². The van der Waals surface area contributed by atoms with E-state index in [1.165, 1.54) is 29.2 Å². The van der Waals surface area contributed by atoms with Gasteiger partial charge in [-0.25, -0.2) is 0 Å². The lowest BCUT2D eigenvalue weighted by atomic mass is 9.78. The minimum atomic E-state index is -4.62. The quantitative estimate of drug-likeness (QED) is 0.855. The molecule has 2 bridgehead atoms. The van der Waals surface area contributed by atoms with Gasteiger partial charge < -0.3 is 14.6 Å². The molecule has 3 atom stereocenters. The highest BCUT2D eigenvalue weighted by Crippen LogP contribution is 2.41. The van der Waals surface area contributed by atoms with Crippen LogP contribution in [0.15, 0.2) is 47.3 Å². The Labute approximate surface area is 159 Å². The van der Waals surface area contributed by atoms with Crippen LogP contribution in [0.5, 0.6) is 0 Å². The average molecular weight is 392 g/mol. The fourth-order valence-corrected chi connectivity index (χ4v) is 4.53. The number of amides is 1. The Morgan fingerprint density at radius 2 is 1.86 bits per heavy atom. The van der Waals surface area contributed by atoms with Crippen molar-refractivity contribution in [3.8, 4) is 0 Å². The highest BCUT2D eigenvalue weighted by atomic mass is 19.4. The third kappa shape index (κ3) is 3.01. The van der Waals surface area contributed by atoms with Crippen molar-refractivity contribution >= 4 is 5.91 Å². The van der Waals surface area contributed by atoms with Gasteiger partial charge in [0.25, 0.3) is 11.5 Å². The molecule has 1 amide bonds. The second kappa shape index (κ2) is 6.77. The number of benzene rings is 1. The second-order valence-electron chi connectivity index (χ2n) is 7.35. The highest BCUT2D eigenvalue weighted by molar-refractivity contribution is 5.96. The number of rotatable bonds is 2. The molecule has 0 radical (unpaired) electrons. The number of piperidine rings is 1. The molecule has 2 aliphatic heterocycles. The van der Waals surface area contributed by atoms with Crippen molar-refractivity contribution < 1.29 is 23.1 Å². The number of aromatic nitrogens is 1. The van der Waals surface area contributed by atoms with E-state index in [0.717, 1.165) is 6.07 Å². The molecule has 1 fully saturated rings. The van der Waals surface area contributed by atoms with Crippen LogP contribution in [-0.4, -0.2) is 40.2 Å². The van der Waals surface area contributed by atoms with Crippen molar-refractivity contribution in [2.75, 3.05) is 19.7 Å². The molecular formula is C20H19F3N2O3. The summed E-state index contributed by atoms with van der Waals surface area (Å²) >= 11 is 0. The van der Waals surface area contributed by atoms with Gasteiger partial charge in [-0.05, 0) is 24.6 Å². The maximum Gasteiger partial charge on any atom is 0.417 e. The first-order valence-corrected chi connectivity index (χ1v) is 9.09. The Kier molecular flexibility index (Phi) is 4.53. The fraction of sp³-hybridized carbons (Fsp3) is 0.400. The van der Waals surface area contributed by atoms with Crippen molar-refractivity contribution in [1.82, 2.24) is 9.47 Å². The van der Waals surface area contributed by atoms with E-state index in [9.17, 15) is 27.9 Å². The van der Waals surface area contributed by atoms with Crippen LogP contribution in [-0.2, 0) is 6.18 Å². The van der Waals surface area contributed by atoms with Crippen LogP contribution in [0.25, 0.3) is 0 Å². The summed E-state index contributed by atoms with van der Waals surface area (Å²) in [4.78, 5) is 26.7. The van der Waals surface area contributed by atoms with Crippen LogP contribution in [0.2, 0.25) is 0 Å². The molecule has 2 aromatic rings. The van der Waals surface area contributed by atoms with Crippen LogP contribution in [0, 0.1) is 5.92 Å². The molecule has 1 aromatic carbocycles. The maximum absolute atomic E-state index is 13.3. The van der Waals surface area contributed by atoms with Gasteiger partial charge in [-0.2, -0.15) is 13.2 Å². The molecule has 8 heteroatoms. The Hall–Kier alpha value is -2.61. The third-order valence-electron chi connectivity index (χ3n) is 5.74. The lowest BCUT2D eigenvalue weighted by Crippen LogP contribution is -2.52. The molecule has 0 aliphatic carbocycles. The van der Waals surface area contributed by atoms with Crippen LogP contribution >= 0.6 is 0 Å². The largest absolute Gasteiger partial charge is 0.417 e. The van der Waals surface area contributed by atoms with Crippen LogP contribution in [0.4, 0.5) is 13.2 Å². The van der Waals surface area contributed by atoms with Gasteiger partial charge in [0.15, 0.2) is 0 Å². The summed E-state index contributed by atoms with van der Waals surface area (Å²) in [5.41, 5.74) is -0.829. The summed E-state index contributed by atoms with van der Waals surface area (Å²) in [6.45, 7) is 0.173. The van der Waals surface area contributed by atoms with Crippen LogP contribution in [0.3, 0.4) is 0 Å². The van der Waals surface area contributed by atoms with Gasteiger partial charge in [0.05, 0.1) is 23.8 Å². The van der Waals surface area contributed by atoms with Gasteiger partial charge in [-0.1, -0.05) is 18.2 Å². The second-order valence-corrected chi connectivity index (χ2v) is 7.35. The molecule has 28 heavy (non-hydrogen) atoms. The topological polar surface area (TPSA) is 62.5 Å².